The summed E-state index contributed by atoms with van der Waals surface area (Å²) in [6, 6.07) is 10.9. The van der Waals surface area contributed by atoms with Crippen LogP contribution in [0.25, 0.3) is 6.08 Å². The number of ether oxygens (including phenoxy) is 2. The molecule has 2 aromatic carbocycles. The Hall–Kier alpha value is -3.52. The van der Waals surface area contributed by atoms with Gasteiger partial charge in [-0.15, -0.1) is 0 Å². The molecule has 0 aliphatic carbocycles. The van der Waals surface area contributed by atoms with Gasteiger partial charge in [-0.05, 0) is 67.4 Å². The second-order valence-corrected chi connectivity index (χ2v) is 8.31. The average Bonchev–Trinajstić information content (AvgIpc) is 3.03. The lowest BCUT2D eigenvalue weighted by atomic mass is 10.1. The van der Waals surface area contributed by atoms with Crippen LogP contribution in [0.5, 0.6) is 11.5 Å². The standard InChI is InChI=1S/C25H26N2O5S/c1-5-12-32-19-11-10-18(13-20(19)31-6-2)14-21-24(29)27(25(30)33-21)15-22(28)26-23-16(3)8-7-9-17(23)4/h5,7-11,13-14H,1,6,12,15H2,2-4H3,(H,26,28)/b21-14+. The maximum Gasteiger partial charge on any atom is 0.294 e. The summed E-state index contributed by atoms with van der Waals surface area (Å²) < 4.78 is 11.2. The molecule has 0 aromatic heterocycles. The maximum atomic E-state index is 12.8. The van der Waals surface area contributed by atoms with Gasteiger partial charge in [0.25, 0.3) is 11.1 Å². The SMILES string of the molecule is C=CCOc1ccc(/C=C2/SC(=O)N(CC(=O)Nc3c(C)cccc3C)C2=O)cc1OCC. The summed E-state index contributed by atoms with van der Waals surface area (Å²) in [6.45, 7) is 9.69. The lowest BCUT2D eigenvalue weighted by Crippen LogP contribution is -2.36. The third-order valence-corrected chi connectivity index (χ3v) is 5.75. The van der Waals surface area contributed by atoms with Gasteiger partial charge in [0.1, 0.15) is 13.2 Å². The molecule has 33 heavy (non-hydrogen) atoms. The van der Waals surface area contributed by atoms with Crippen LogP contribution >= 0.6 is 11.8 Å². The van der Waals surface area contributed by atoms with E-state index in [0.29, 0.717) is 36.0 Å². The number of rotatable bonds is 9. The van der Waals surface area contributed by atoms with Gasteiger partial charge in [0.05, 0.1) is 11.5 Å². The molecule has 1 aliphatic rings. The molecule has 0 radical (unpaired) electrons. The van der Waals surface area contributed by atoms with Crippen molar-refractivity contribution in [1.29, 1.82) is 0 Å². The number of amides is 3. The smallest absolute Gasteiger partial charge is 0.294 e. The minimum absolute atomic E-state index is 0.238. The number of nitrogens with one attached hydrogen (secondary N) is 1. The number of anilines is 1. The quantitative estimate of drug-likeness (QED) is 0.416. The lowest BCUT2D eigenvalue weighted by Gasteiger charge is -2.15. The van der Waals surface area contributed by atoms with Crippen molar-refractivity contribution in [3.8, 4) is 11.5 Å². The summed E-state index contributed by atoms with van der Waals surface area (Å²) in [5.74, 6) is 0.149. The molecule has 0 unspecified atom stereocenters. The Labute approximate surface area is 197 Å². The highest BCUT2D eigenvalue weighted by Crippen LogP contribution is 2.34. The van der Waals surface area contributed by atoms with Crippen LogP contribution in [0.2, 0.25) is 0 Å². The zero-order valence-electron chi connectivity index (χ0n) is 18.8. The molecule has 172 valence electrons. The third kappa shape index (κ3) is 5.84. The van der Waals surface area contributed by atoms with Gasteiger partial charge in [0.2, 0.25) is 5.91 Å². The van der Waals surface area contributed by atoms with Crippen molar-refractivity contribution in [1.82, 2.24) is 4.90 Å². The van der Waals surface area contributed by atoms with Crippen molar-refractivity contribution in [2.75, 3.05) is 25.1 Å². The predicted molar refractivity (Wildman–Crippen MR) is 131 cm³/mol. The van der Waals surface area contributed by atoms with Gasteiger partial charge in [-0.2, -0.15) is 0 Å². The highest BCUT2D eigenvalue weighted by molar-refractivity contribution is 8.18. The van der Waals surface area contributed by atoms with Gasteiger partial charge in [0, 0.05) is 5.69 Å². The van der Waals surface area contributed by atoms with Crippen LogP contribution in [0.15, 0.2) is 54.0 Å². The number of carbonyl (C=O) groups excluding carboxylic acids is 3. The van der Waals surface area contributed by atoms with Gasteiger partial charge in [-0.3, -0.25) is 19.3 Å². The van der Waals surface area contributed by atoms with Crippen molar-refractivity contribution >= 4 is 40.6 Å². The first kappa shape index (κ1) is 24.1. The van der Waals surface area contributed by atoms with Gasteiger partial charge in [-0.25, -0.2) is 0 Å². The first-order chi connectivity index (χ1) is 15.8. The summed E-state index contributed by atoms with van der Waals surface area (Å²) in [5.41, 5.74) is 3.17. The number of benzene rings is 2. The molecular weight excluding hydrogens is 440 g/mol. The molecule has 2 aromatic rings. The zero-order chi connectivity index (χ0) is 24.0. The summed E-state index contributed by atoms with van der Waals surface area (Å²) in [6.07, 6.45) is 3.24. The van der Waals surface area contributed by atoms with Crippen molar-refractivity contribution in [2.24, 2.45) is 0 Å². The molecule has 8 heteroatoms. The Kier molecular flexibility index (Phi) is 7.95. The van der Waals surface area contributed by atoms with Gasteiger partial charge < -0.3 is 14.8 Å². The van der Waals surface area contributed by atoms with Gasteiger partial charge in [0.15, 0.2) is 11.5 Å². The Morgan fingerprint density at radius 1 is 1.12 bits per heavy atom. The number of aryl methyl sites for hydroxylation is 2. The van der Waals surface area contributed by atoms with Crippen LogP contribution in [-0.4, -0.2) is 41.7 Å². The monoisotopic (exact) mass is 466 g/mol. The van der Waals surface area contributed by atoms with E-state index in [-0.39, 0.29) is 11.4 Å². The van der Waals surface area contributed by atoms with Crippen LogP contribution in [-0.2, 0) is 9.59 Å². The molecule has 3 amide bonds. The van der Waals surface area contributed by atoms with Crippen molar-refractivity contribution < 1.29 is 23.9 Å². The first-order valence-corrected chi connectivity index (χ1v) is 11.3. The molecule has 1 aliphatic heterocycles. The second kappa shape index (κ2) is 10.9. The van der Waals surface area contributed by atoms with Crippen molar-refractivity contribution in [2.45, 2.75) is 20.8 Å². The van der Waals surface area contributed by atoms with E-state index < -0.39 is 17.1 Å². The van der Waals surface area contributed by atoms with E-state index in [0.717, 1.165) is 27.8 Å². The number of nitrogens with zero attached hydrogens (tertiary/aromatic N) is 1. The molecule has 3 rings (SSSR count). The molecule has 1 N–H and O–H groups in total. The molecule has 0 saturated carbocycles. The van der Waals surface area contributed by atoms with E-state index in [1.54, 1.807) is 30.4 Å². The Bertz CT molecular complexity index is 1110. The molecule has 0 bridgehead atoms. The highest BCUT2D eigenvalue weighted by Gasteiger charge is 2.36. The molecule has 1 saturated heterocycles. The normalized spacial score (nSPS) is 14.5. The molecule has 1 fully saturated rings. The fourth-order valence-electron chi connectivity index (χ4n) is 3.27. The Morgan fingerprint density at radius 2 is 1.85 bits per heavy atom. The van der Waals surface area contributed by atoms with E-state index >= 15 is 0 Å². The van der Waals surface area contributed by atoms with Crippen molar-refractivity contribution in [3.05, 3.63) is 70.6 Å². The van der Waals surface area contributed by atoms with E-state index in [2.05, 4.69) is 11.9 Å². The minimum Gasteiger partial charge on any atom is -0.490 e. The number of carbonyl (C=O) groups is 3. The summed E-state index contributed by atoms with van der Waals surface area (Å²) in [5, 5.41) is 2.32. The number of hydrogen-bond donors (Lipinski definition) is 1. The van der Waals surface area contributed by atoms with E-state index in [1.807, 2.05) is 39.0 Å². The van der Waals surface area contributed by atoms with E-state index in [9.17, 15) is 14.4 Å². The Balaban J connectivity index is 1.74. The van der Waals surface area contributed by atoms with Crippen LogP contribution in [0.3, 0.4) is 0 Å². The summed E-state index contributed by atoms with van der Waals surface area (Å²) in [4.78, 5) is 39.0. The molecule has 0 spiro atoms. The third-order valence-electron chi connectivity index (χ3n) is 4.84. The lowest BCUT2D eigenvalue weighted by molar-refractivity contribution is -0.127. The fraction of sp³-hybridized carbons (Fsp3) is 0.240. The minimum atomic E-state index is -0.508. The maximum absolute atomic E-state index is 12.8. The van der Waals surface area contributed by atoms with E-state index in [1.165, 1.54) is 0 Å². The van der Waals surface area contributed by atoms with Gasteiger partial charge in [-0.1, -0.05) is 36.9 Å². The largest absolute Gasteiger partial charge is 0.490 e. The van der Waals surface area contributed by atoms with Crippen molar-refractivity contribution in [3.63, 3.8) is 0 Å². The number of thioether (sulfide) groups is 1. The number of hydrogen-bond acceptors (Lipinski definition) is 6. The summed E-state index contributed by atoms with van der Waals surface area (Å²) >= 11 is 0.802. The molecule has 1 heterocycles. The molecule has 7 nitrogen and oxygen atoms in total. The summed E-state index contributed by atoms with van der Waals surface area (Å²) in [7, 11) is 0. The number of para-hydroxylation sites is 1. The number of imide groups is 1. The molecular formula is C25H26N2O5S. The second-order valence-electron chi connectivity index (χ2n) is 7.32. The zero-order valence-corrected chi connectivity index (χ0v) is 19.7. The van der Waals surface area contributed by atoms with Crippen LogP contribution in [0, 0.1) is 13.8 Å². The average molecular weight is 467 g/mol. The first-order valence-electron chi connectivity index (χ1n) is 10.5. The molecule has 0 atom stereocenters. The van der Waals surface area contributed by atoms with E-state index in [4.69, 9.17) is 9.47 Å². The topological polar surface area (TPSA) is 84.9 Å². The fourth-order valence-corrected chi connectivity index (χ4v) is 4.11. The Morgan fingerprint density at radius 3 is 2.52 bits per heavy atom. The highest BCUT2D eigenvalue weighted by atomic mass is 32.2. The van der Waals surface area contributed by atoms with Crippen LogP contribution < -0.4 is 14.8 Å². The van der Waals surface area contributed by atoms with Gasteiger partial charge >= 0.3 is 0 Å². The predicted octanol–water partition coefficient (Wildman–Crippen LogP) is 4.94. The van der Waals surface area contributed by atoms with Crippen LogP contribution in [0.4, 0.5) is 10.5 Å². The van der Waals surface area contributed by atoms with Crippen LogP contribution in [0.1, 0.15) is 23.6 Å².